The minimum absolute atomic E-state index is 0.0919. The van der Waals surface area contributed by atoms with Crippen molar-refractivity contribution in [2.45, 2.75) is 51.2 Å². The molecule has 0 aliphatic heterocycles. The maximum Gasteiger partial charge on any atom is 0.258 e. The number of rotatable bonds is 8. The Morgan fingerprint density at radius 2 is 2.00 bits per heavy atom. The lowest BCUT2D eigenvalue weighted by atomic mass is 9.96. The third-order valence-electron chi connectivity index (χ3n) is 3.41. The molecule has 0 fully saturated rings. The lowest BCUT2D eigenvalue weighted by Gasteiger charge is -2.22. The molecule has 3 N–H and O–H groups in total. The maximum absolute atomic E-state index is 12.3. The smallest absolute Gasteiger partial charge is 0.258 e. The molecule has 0 aliphatic carbocycles. The van der Waals surface area contributed by atoms with Gasteiger partial charge in [0.05, 0.1) is 6.20 Å². The van der Waals surface area contributed by atoms with Crippen LogP contribution in [-0.2, 0) is 16.6 Å². The van der Waals surface area contributed by atoms with E-state index in [4.69, 9.17) is 0 Å². The Labute approximate surface area is 115 Å². The first-order valence-electron chi connectivity index (χ1n) is 6.65. The highest BCUT2D eigenvalue weighted by Gasteiger charge is 2.25. The van der Waals surface area contributed by atoms with E-state index >= 15 is 0 Å². The summed E-state index contributed by atoms with van der Waals surface area (Å²) in [6, 6.07) is -0.0919. The molecule has 1 aromatic heterocycles. The maximum atomic E-state index is 12.3. The lowest BCUT2D eigenvalue weighted by Crippen LogP contribution is -2.38. The summed E-state index contributed by atoms with van der Waals surface area (Å²) in [5, 5.41) is 9.47. The van der Waals surface area contributed by atoms with Crippen LogP contribution in [0.5, 0.6) is 0 Å². The fourth-order valence-corrected chi connectivity index (χ4v) is 3.69. The van der Waals surface area contributed by atoms with Gasteiger partial charge in [0.2, 0.25) is 0 Å². The Bertz CT molecular complexity index is 480. The second-order valence-electron chi connectivity index (χ2n) is 4.74. The summed E-state index contributed by atoms with van der Waals surface area (Å²) in [5.41, 5.74) is 0.645. The van der Waals surface area contributed by atoms with E-state index in [0.717, 1.165) is 12.8 Å². The van der Waals surface area contributed by atoms with Crippen molar-refractivity contribution in [1.82, 2.24) is 20.2 Å². The van der Waals surface area contributed by atoms with Crippen molar-refractivity contribution >= 4 is 10.0 Å². The molecule has 0 amide bonds. The number of aromatic nitrogens is 2. The van der Waals surface area contributed by atoms with Gasteiger partial charge in [-0.25, -0.2) is 13.1 Å². The van der Waals surface area contributed by atoms with E-state index in [1.54, 1.807) is 7.05 Å². The number of sulfonamides is 1. The molecule has 1 aromatic rings. The highest BCUT2D eigenvalue weighted by molar-refractivity contribution is 7.89. The first-order chi connectivity index (χ1) is 8.96. The van der Waals surface area contributed by atoms with E-state index in [1.807, 2.05) is 6.92 Å². The van der Waals surface area contributed by atoms with Crippen LogP contribution in [0.15, 0.2) is 11.2 Å². The van der Waals surface area contributed by atoms with Crippen LogP contribution in [0, 0.1) is 5.92 Å². The van der Waals surface area contributed by atoms with Crippen LogP contribution in [0.1, 0.15) is 39.2 Å². The number of hydrogen-bond acceptors (Lipinski definition) is 4. The van der Waals surface area contributed by atoms with Gasteiger partial charge < -0.3 is 5.32 Å². The van der Waals surface area contributed by atoms with Crippen LogP contribution in [0.25, 0.3) is 0 Å². The van der Waals surface area contributed by atoms with Gasteiger partial charge in [-0.1, -0.05) is 26.7 Å². The molecule has 1 heterocycles. The van der Waals surface area contributed by atoms with E-state index < -0.39 is 10.0 Å². The van der Waals surface area contributed by atoms with Gasteiger partial charge in [-0.3, -0.25) is 5.10 Å². The SMILES string of the molecule is CCC(CC)C(C)NS(=O)(=O)c1[nH]ncc1CNC. The normalized spacial score (nSPS) is 13.9. The average molecular weight is 288 g/mol. The number of H-pyrrole nitrogens is 1. The molecule has 1 atom stereocenters. The molecule has 0 saturated heterocycles. The molecule has 19 heavy (non-hydrogen) atoms. The van der Waals surface area contributed by atoms with Crippen LogP contribution in [0.2, 0.25) is 0 Å². The zero-order valence-electron chi connectivity index (χ0n) is 12.0. The summed E-state index contributed by atoms with van der Waals surface area (Å²) in [6.45, 7) is 6.51. The van der Waals surface area contributed by atoms with Crippen molar-refractivity contribution in [3.8, 4) is 0 Å². The van der Waals surface area contributed by atoms with Crippen molar-refractivity contribution in [3.63, 3.8) is 0 Å². The Morgan fingerprint density at radius 1 is 1.37 bits per heavy atom. The number of hydrogen-bond donors (Lipinski definition) is 3. The van der Waals surface area contributed by atoms with E-state index in [2.05, 4.69) is 34.1 Å². The first kappa shape index (κ1) is 16.1. The molecule has 0 aliphatic rings. The molecule has 0 bridgehead atoms. The molecule has 110 valence electrons. The molecule has 0 aromatic carbocycles. The second-order valence-corrected chi connectivity index (χ2v) is 6.39. The number of nitrogens with one attached hydrogen (secondary N) is 3. The fraction of sp³-hybridized carbons (Fsp3) is 0.750. The van der Waals surface area contributed by atoms with E-state index in [-0.39, 0.29) is 11.1 Å². The minimum atomic E-state index is -3.54. The van der Waals surface area contributed by atoms with Gasteiger partial charge in [0.25, 0.3) is 10.0 Å². The standard InChI is InChI=1S/C12H24N4O2S/c1-5-10(6-2)9(3)16-19(17,18)12-11(7-13-4)8-14-15-12/h8-10,13,16H,5-7H2,1-4H3,(H,14,15). The number of aromatic amines is 1. The van der Waals surface area contributed by atoms with Gasteiger partial charge in [0.1, 0.15) is 0 Å². The summed E-state index contributed by atoms with van der Waals surface area (Å²) in [5.74, 6) is 0.338. The molecule has 7 heteroatoms. The summed E-state index contributed by atoms with van der Waals surface area (Å²) in [6.07, 6.45) is 3.44. The molecule has 0 radical (unpaired) electrons. The van der Waals surface area contributed by atoms with Crippen molar-refractivity contribution in [2.24, 2.45) is 5.92 Å². The van der Waals surface area contributed by atoms with Crippen LogP contribution in [0.4, 0.5) is 0 Å². The topological polar surface area (TPSA) is 86.9 Å². The first-order valence-corrected chi connectivity index (χ1v) is 8.13. The Balaban J connectivity index is 2.89. The molecule has 0 spiro atoms. The summed E-state index contributed by atoms with van der Waals surface area (Å²) in [7, 11) is -1.77. The van der Waals surface area contributed by atoms with Gasteiger partial charge >= 0.3 is 0 Å². The highest BCUT2D eigenvalue weighted by Crippen LogP contribution is 2.17. The molecule has 1 unspecified atom stereocenters. The summed E-state index contributed by atoms with van der Waals surface area (Å²) >= 11 is 0. The van der Waals surface area contributed by atoms with Crippen molar-refractivity contribution in [2.75, 3.05) is 7.05 Å². The van der Waals surface area contributed by atoms with Crippen molar-refractivity contribution in [3.05, 3.63) is 11.8 Å². The van der Waals surface area contributed by atoms with Crippen LogP contribution >= 0.6 is 0 Å². The van der Waals surface area contributed by atoms with Crippen LogP contribution in [-0.4, -0.2) is 31.7 Å². The van der Waals surface area contributed by atoms with Crippen molar-refractivity contribution in [1.29, 1.82) is 0 Å². The van der Waals surface area contributed by atoms with Gasteiger partial charge in [0.15, 0.2) is 5.03 Å². The van der Waals surface area contributed by atoms with E-state index in [1.165, 1.54) is 6.20 Å². The zero-order chi connectivity index (χ0) is 14.5. The average Bonchev–Trinajstić information content (AvgIpc) is 2.79. The van der Waals surface area contributed by atoms with Crippen molar-refractivity contribution < 1.29 is 8.42 Å². The van der Waals surface area contributed by atoms with E-state index in [0.29, 0.717) is 18.0 Å². The lowest BCUT2D eigenvalue weighted by molar-refractivity contribution is 0.390. The fourth-order valence-electron chi connectivity index (χ4n) is 2.24. The number of nitrogens with zero attached hydrogens (tertiary/aromatic N) is 1. The Hall–Kier alpha value is -0.920. The Morgan fingerprint density at radius 3 is 2.53 bits per heavy atom. The van der Waals surface area contributed by atoms with Gasteiger partial charge in [-0.2, -0.15) is 5.10 Å². The zero-order valence-corrected chi connectivity index (χ0v) is 12.8. The Kier molecular flexibility index (Phi) is 5.96. The quantitative estimate of drug-likeness (QED) is 0.671. The molecular weight excluding hydrogens is 264 g/mol. The molecule has 6 nitrogen and oxygen atoms in total. The minimum Gasteiger partial charge on any atom is -0.316 e. The van der Waals surface area contributed by atoms with Gasteiger partial charge in [-0.05, 0) is 19.9 Å². The van der Waals surface area contributed by atoms with Gasteiger partial charge in [0, 0.05) is 18.2 Å². The monoisotopic (exact) mass is 288 g/mol. The second kappa shape index (κ2) is 7.02. The summed E-state index contributed by atoms with van der Waals surface area (Å²) in [4.78, 5) is 0. The molecular formula is C12H24N4O2S. The molecule has 1 rings (SSSR count). The third-order valence-corrected chi connectivity index (χ3v) is 4.98. The van der Waals surface area contributed by atoms with Crippen LogP contribution in [0.3, 0.4) is 0 Å². The molecule has 0 saturated carbocycles. The highest BCUT2D eigenvalue weighted by atomic mass is 32.2. The largest absolute Gasteiger partial charge is 0.316 e. The summed E-state index contributed by atoms with van der Waals surface area (Å²) < 4.78 is 27.4. The predicted molar refractivity (Wildman–Crippen MR) is 75.2 cm³/mol. The third kappa shape index (κ3) is 4.02. The van der Waals surface area contributed by atoms with Crippen LogP contribution < -0.4 is 10.0 Å². The predicted octanol–water partition coefficient (Wildman–Crippen LogP) is 1.23. The van der Waals surface area contributed by atoms with Gasteiger partial charge in [-0.15, -0.1) is 0 Å². The van der Waals surface area contributed by atoms with E-state index in [9.17, 15) is 8.42 Å².